The van der Waals surface area contributed by atoms with Gasteiger partial charge in [0.15, 0.2) is 0 Å². The first kappa shape index (κ1) is 14.3. The van der Waals surface area contributed by atoms with E-state index < -0.39 is 0 Å². The molecule has 1 atom stereocenters. The molecule has 1 fully saturated rings. The maximum Gasteiger partial charge on any atom is 0.0888 e. The van der Waals surface area contributed by atoms with Gasteiger partial charge in [0, 0.05) is 18.2 Å². The molecule has 1 unspecified atom stereocenters. The van der Waals surface area contributed by atoms with Crippen LogP contribution >= 0.6 is 0 Å². The van der Waals surface area contributed by atoms with Crippen LogP contribution in [0.1, 0.15) is 36.8 Å². The maximum atomic E-state index is 4.28. The number of nitrogens with zero attached hydrogens (tertiary/aromatic N) is 3. The van der Waals surface area contributed by atoms with Gasteiger partial charge < -0.3 is 5.32 Å². The Balaban J connectivity index is 1.74. The largest absolute Gasteiger partial charge is 0.314 e. The van der Waals surface area contributed by atoms with Gasteiger partial charge in [-0.3, -0.25) is 0 Å². The van der Waals surface area contributed by atoms with Crippen molar-refractivity contribution in [3.05, 3.63) is 35.5 Å². The molecule has 4 heteroatoms. The molecular formula is C17H24N4. The van der Waals surface area contributed by atoms with Gasteiger partial charge in [-0.1, -0.05) is 35.4 Å². The molecule has 1 aliphatic heterocycles. The second-order valence-electron chi connectivity index (χ2n) is 6.10. The van der Waals surface area contributed by atoms with Crippen LogP contribution in [-0.2, 0) is 6.54 Å². The minimum atomic E-state index is 0.634. The smallest absolute Gasteiger partial charge is 0.0888 e. The minimum Gasteiger partial charge on any atom is -0.314 e. The Morgan fingerprint density at radius 3 is 2.95 bits per heavy atom. The highest BCUT2D eigenvalue weighted by Gasteiger charge is 2.14. The van der Waals surface area contributed by atoms with Crippen molar-refractivity contribution in [3.8, 4) is 11.3 Å². The van der Waals surface area contributed by atoms with E-state index in [-0.39, 0.29) is 0 Å². The third-order valence-electron chi connectivity index (χ3n) is 4.38. The van der Waals surface area contributed by atoms with Crippen molar-refractivity contribution in [1.82, 2.24) is 20.3 Å². The summed E-state index contributed by atoms with van der Waals surface area (Å²) < 4.78 is 2.05. The average Bonchev–Trinajstić information content (AvgIpc) is 2.94. The van der Waals surface area contributed by atoms with Crippen molar-refractivity contribution in [3.63, 3.8) is 0 Å². The van der Waals surface area contributed by atoms with Crippen LogP contribution in [0.2, 0.25) is 0 Å². The van der Waals surface area contributed by atoms with Crippen LogP contribution in [0.15, 0.2) is 24.4 Å². The second-order valence-corrected chi connectivity index (χ2v) is 6.10. The molecule has 0 amide bonds. The fourth-order valence-electron chi connectivity index (χ4n) is 3.18. The number of aryl methyl sites for hydroxylation is 3. The van der Waals surface area contributed by atoms with Gasteiger partial charge in [-0.05, 0) is 45.2 Å². The first-order valence-electron chi connectivity index (χ1n) is 7.93. The zero-order valence-electron chi connectivity index (χ0n) is 13.0. The van der Waals surface area contributed by atoms with Crippen LogP contribution < -0.4 is 5.32 Å². The normalized spacial score (nSPS) is 18.9. The van der Waals surface area contributed by atoms with Crippen molar-refractivity contribution >= 4 is 0 Å². The summed E-state index contributed by atoms with van der Waals surface area (Å²) in [6, 6.07) is 7.19. The molecule has 4 nitrogen and oxygen atoms in total. The fraction of sp³-hybridized carbons (Fsp3) is 0.529. The van der Waals surface area contributed by atoms with E-state index in [2.05, 4.69) is 47.7 Å². The number of rotatable bonds is 4. The predicted molar refractivity (Wildman–Crippen MR) is 85.2 cm³/mol. The molecule has 1 N–H and O–H groups in total. The molecule has 1 aromatic heterocycles. The first-order valence-corrected chi connectivity index (χ1v) is 7.93. The Hall–Kier alpha value is -1.68. The van der Waals surface area contributed by atoms with Crippen LogP contribution in [0.4, 0.5) is 0 Å². The van der Waals surface area contributed by atoms with E-state index in [0.717, 1.165) is 25.2 Å². The highest BCUT2D eigenvalue weighted by molar-refractivity contribution is 5.63. The van der Waals surface area contributed by atoms with Crippen molar-refractivity contribution < 1.29 is 0 Å². The van der Waals surface area contributed by atoms with Gasteiger partial charge in [-0.2, -0.15) is 0 Å². The molecule has 0 aliphatic carbocycles. The van der Waals surface area contributed by atoms with Gasteiger partial charge in [0.2, 0.25) is 0 Å². The van der Waals surface area contributed by atoms with E-state index in [1.54, 1.807) is 0 Å². The lowest BCUT2D eigenvalue weighted by molar-refractivity contribution is 0.359. The van der Waals surface area contributed by atoms with Crippen LogP contribution in [0.5, 0.6) is 0 Å². The molecule has 112 valence electrons. The molecule has 0 bridgehead atoms. The quantitative estimate of drug-likeness (QED) is 0.938. The lowest BCUT2D eigenvalue weighted by atomic mass is 10.0. The molecule has 0 saturated carbocycles. The molecule has 3 rings (SSSR count). The van der Waals surface area contributed by atoms with E-state index in [1.807, 2.05) is 10.9 Å². The third kappa shape index (κ3) is 3.32. The summed E-state index contributed by atoms with van der Waals surface area (Å²) in [7, 11) is 0. The SMILES string of the molecule is Cc1ccc(-c2cnnn2CCC2CCCCN2)c(C)c1. The summed E-state index contributed by atoms with van der Waals surface area (Å²) in [5.74, 6) is 0. The summed E-state index contributed by atoms with van der Waals surface area (Å²) in [6.45, 7) is 6.37. The van der Waals surface area contributed by atoms with Crippen molar-refractivity contribution in [1.29, 1.82) is 0 Å². The number of benzene rings is 1. The van der Waals surface area contributed by atoms with Gasteiger partial charge in [-0.15, -0.1) is 5.10 Å². The Bertz CT molecular complexity index is 597. The average molecular weight is 284 g/mol. The molecular weight excluding hydrogens is 260 g/mol. The Kier molecular flexibility index (Phi) is 4.34. The molecule has 1 aliphatic rings. The molecule has 1 saturated heterocycles. The Morgan fingerprint density at radius 2 is 2.19 bits per heavy atom. The van der Waals surface area contributed by atoms with Crippen molar-refractivity contribution in [2.75, 3.05) is 6.54 Å². The monoisotopic (exact) mass is 284 g/mol. The lowest BCUT2D eigenvalue weighted by Crippen LogP contribution is -2.34. The summed E-state index contributed by atoms with van der Waals surface area (Å²) in [5.41, 5.74) is 4.95. The third-order valence-corrected chi connectivity index (χ3v) is 4.38. The Morgan fingerprint density at radius 1 is 1.29 bits per heavy atom. The molecule has 0 spiro atoms. The van der Waals surface area contributed by atoms with Gasteiger partial charge >= 0.3 is 0 Å². The molecule has 0 radical (unpaired) electrons. The van der Waals surface area contributed by atoms with E-state index in [9.17, 15) is 0 Å². The first-order chi connectivity index (χ1) is 10.2. The standard InChI is InChI=1S/C17H24N4/c1-13-6-7-16(14(2)11-13)17-12-19-20-21(17)10-8-15-5-3-4-9-18-15/h6-7,11-12,15,18H,3-5,8-10H2,1-2H3. The Labute approximate surface area is 126 Å². The summed E-state index contributed by atoms with van der Waals surface area (Å²) >= 11 is 0. The second kappa shape index (κ2) is 6.39. The number of hydrogen-bond donors (Lipinski definition) is 1. The molecule has 21 heavy (non-hydrogen) atoms. The van der Waals surface area contributed by atoms with Crippen LogP contribution in [-0.4, -0.2) is 27.6 Å². The van der Waals surface area contributed by atoms with Crippen LogP contribution in [0.3, 0.4) is 0 Å². The number of aromatic nitrogens is 3. The number of hydrogen-bond acceptors (Lipinski definition) is 3. The van der Waals surface area contributed by atoms with Crippen molar-refractivity contribution in [2.24, 2.45) is 0 Å². The summed E-state index contributed by atoms with van der Waals surface area (Å²) in [5, 5.41) is 12.0. The van der Waals surface area contributed by atoms with E-state index in [0.29, 0.717) is 6.04 Å². The van der Waals surface area contributed by atoms with E-state index in [1.165, 1.54) is 36.0 Å². The molecule has 2 heterocycles. The topological polar surface area (TPSA) is 42.7 Å². The van der Waals surface area contributed by atoms with Gasteiger partial charge in [0.1, 0.15) is 0 Å². The summed E-state index contributed by atoms with van der Waals surface area (Å²) in [6.07, 6.45) is 6.95. The summed E-state index contributed by atoms with van der Waals surface area (Å²) in [4.78, 5) is 0. The van der Waals surface area contributed by atoms with Gasteiger partial charge in [0.25, 0.3) is 0 Å². The highest BCUT2D eigenvalue weighted by atomic mass is 15.4. The predicted octanol–water partition coefficient (Wildman–Crippen LogP) is 3.09. The zero-order valence-corrected chi connectivity index (χ0v) is 13.0. The van der Waals surface area contributed by atoms with Gasteiger partial charge in [-0.25, -0.2) is 4.68 Å². The fourth-order valence-corrected chi connectivity index (χ4v) is 3.18. The van der Waals surface area contributed by atoms with Gasteiger partial charge in [0.05, 0.1) is 11.9 Å². The van der Waals surface area contributed by atoms with Crippen LogP contribution in [0.25, 0.3) is 11.3 Å². The number of nitrogens with one attached hydrogen (secondary N) is 1. The maximum absolute atomic E-state index is 4.28. The molecule has 2 aromatic rings. The van der Waals surface area contributed by atoms with E-state index >= 15 is 0 Å². The lowest BCUT2D eigenvalue weighted by Gasteiger charge is -2.23. The van der Waals surface area contributed by atoms with E-state index in [4.69, 9.17) is 0 Å². The zero-order chi connectivity index (χ0) is 14.7. The highest BCUT2D eigenvalue weighted by Crippen LogP contribution is 2.23. The van der Waals surface area contributed by atoms with Crippen molar-refractivity contribution in [2.45, 2.75) is 52.1 Å². The number of piperidine rings is 1. The van der Waals surface area contributed by atoms with Crippen LogP contribution in [0, 0.1) is 13.8 Å². The minimum absolute atomic E-state index is 0.634. The molecule has 1 aromatic carbocycles.